The van der Waals surface area contributed by atoms with Crippen molar-refractivity contribution >= 4 is 5.96 Å². The predicted octanol–water partition coefficient (Wildman–Crippen LogP) is 1.68. The molecule has 0 atom stereocenters. The molecule has 0 saturated heterocycles. The Morgan fingerprint density at radius 1 is 1.14 bits per heavy atom. The first-order chi connectivity index (χ1) is 13.8. The zero-order valence-electron chi connectivity index (χ0n) is 17.3. The zero-order valence-corrected chi connectivity index (χ0v) is 17.3. The molecule has 1 saturated carbocycles. The molecule has 158 valence electrons. The highest BCUT2D eigenvalue weighted by Crippen LogP contribution is 2.19. The Morgan fingerprint density at radius 2 is 1.93 bits per heavy atom. The molecule has 8 heteroatoms. The molecule has 1 aromatic heterocycles. The van der Waals surface area contributed by atoms with Gasteiger partial charge >= 0.3 is 5.69 Å². The number of nitrogens with one attached hydrogen (secondary N) is 2. The highest BCUT2D eigenvalue weighted by Gasteiger charge is 2.16. The van der Waals surface area contributed by atoms with E-state index in [1.807, 2.05) is 4.57 Å². The lowest BCUT2D eigenvalue weighted by atomic mass is 10.1. The fourth-order valence-electron chi connectivity index (χ4n) is 4.05. The van der Waals surface area contributed by atoms with Gasteiger partial charge in [0.15, 0.2) is 5.96 Å². The summed E-state index contributed by atoms with van der Waals surface area (Å²) < 4.78 is 9.44. The quantitative estimate of drug-likeness (QED) is 0.304. The van der Waals surface area contributed by atoms with Gasteiger partial charge in [-0.25, -0.2) is 9.48 Å². The third-order valence-corrected chi connectivity index (χ3v) is 5.64. The lowest BCUT2D eigenvalue weighted by molar-refractivity contribution is 0.0468. The van der Waals surface area contributed by atoms with E-state index in [-0.39, 0.29) is 5.69 Å². The van der Waals surface area contributed by atoms with E-state index in [4.69, 9.17) is 4.74 Å². The Labute approximate surface area is 167 Å². The van der Waals surface area contributed by atoms with E-state index in [1.165, 1.54) is 38.5 Å². The summed E-state index contributed by atoms with van der Waals surface area (Å²) in [6, 6.07) is 0. The van der Waals surface area contributed by atoms with Crippen LogP contribution in [0.3, 0.4) is 0 Å². The maximum atomic E-state index is 12.3. The van der Waals surface area contributed by atoms with Gasteiger partial charge in [0.2, 0.25) is 0 Å². The summed E-state index contributed by atoms with van der Waals surface area (Å²) in [5, 5.41) is 11.1. The molecule has 0 amide bonds. The minimum absolute atomic E-state index is 0.0351. The summed E-state index contributed by atoms with van der Waals surface area (Å²) in [4.78, 5) is 16.6. The molecule has 1 aliphatic carbocycles. The number of aromatic nitrogens is 3. The van der Waals surface area contributed by atoms with Gasteiger partial charge in [-0.2, -0.15) is 5.10 Å². The lowest BCUT2D eigenvalue weighted by Gasteiger charge is -2.16. The van der Waals surface area contributed by atoms with Gasteiger partial charge in [0.1, 0.15) is 5.82 Å². The highest BCUT2D eigenvalue weighted by molar-refractivity contribution is 5.79. The van der Waals surface area contributed by atoms with Crippen LogP contribution < -0.4 is 16.3 Å². The number of aliphatic imine (C=N–C) groups is 1. The normalized spacial score (nSPS) is 18.5. The summed E-state index contributed by atoms with van der Waals surface area (Å²) >= 11 is 0. The van der Waals surface area contributed by atoms with Crippen molar-refractivity contribution in [1.29, 1.82) is 0 Å². The summed E-state index contributed by atoms with van der Waals surface area (Å²) in [6.45, 7) is 3.65. The van der Waals surface area contributed by atoms with Crippen molar-refractivity contribution in [2.24, 2.45) is 4.99 Å². The molecule has 3 rings (SSSR count). The number of fused-ring (bicyclic) bond motifs is 1. The molecular formula is C20H36N6O2. The van der Waals surface area contributed by atoms with Crippen molar-refractivity contribution < 1.29 is 4.74 Å². The minimum Gasteiger partial charge on any atom is -0.376 e. The van der Waals surface area contributed by atoms with Crippen LogP contribution in [0.2, 0.25) is 0 Å². The van der Waals surface area contributed by atoms with Crippen LogP contribution in [0.1, 0.15) is 63.6 Å². The molecule has 8 nitrogen and oxygen atoms in total. The molecule has 1 aromatic rings. The monoisotopic (exact) mass is 392 g/mol. The molecular weight excluding hydrogens is 356 g/mol. The largest absolute Gasteiger partial charge is 0.376 e. The second kappa shape index (κ2) is 11.2. The molecule has 0 unspecified atom stereocenters. The first-order valence-corrected chi connectivity index (χ1v) is 11.0. The van der Waals surface area contributed by atoms with Crippen molar-refractivity contribution in [2.75, 3.05) is 26.7 Å². The number of nitrogens with zero attached hydrogens (tertiary/aromatic N) is 4. The van der Waals surface area contributed by atoms with Crippen LogP contribution in [0, 0.1) is 0 Å². The van der Waals surface area contributed by atoms with Crippen molar-refractivity contribution in [3.63, 3.8) is 0 Å². The molecule has 2 heterocycles. The molecule has 0 bridgehead atoms. The molecule has 0 aromatic carbocycles. The van der Waals surface area contributed by atoms with Gasteiger partial charge in [0, 0.05) is 39.6 Å². The molecule has 0 radical (unpaired) electrons. The Bertz CT molecular complexity index is 673. The molecule has 2 aliphatic rings. The fourth-order valence-corrected chi connectivity index (χ4v) is 4.05. The molecule has 1 aliphatic heterocycles. The van der Waals surface area contributed by atoms with Gasteiger partial charge in [0.25, 0.3) is 0 Å². The Kier molecular flexibility index (Phi) is 8.39. The summed E-state index contributed by atoms with van der Waals surface area (Å²) in [7, 11) is 1.77. The molecule has 28 heavy (non-hydrogen) atoms. The number of ether oxygens (including phenoxy) is 1. The molecule has 1 fully saturated rings. The smallest absolute Gasteiger partial charge is 0.345 e. The Hall–Kier alpha value is -1.83. The van der Waals surface area contributed by atoms with Crippen LogP contribution in [0.15, 0.2) is 9.79 Å². The van der Waals surface area contributed by atoms with Crippen molar-refractivity contribution in [1.82, 2.24) is 25.0 Å². The highest BCUT2D eigenvalue weighted by atomic mass is 16.5. The average Bonchev–Trinajstić information content (AvgIpc) is 2.88. The SMILES string of the molecule is CN=C(NCCCn1nc2n(c1=O)CCCC2)NCCOC1CCCCCC1. The van der Waals surface area contributed by atoms with E-state index >= 15 is 0 Å². The Balaban J connectivity index is 1.30. The van der Waals surface area contributed by atoms with Crippen LogP contribution in [0.25, 0.3) is 0 Å². The summed E-state index contributed by atoms with van der Waals surface area (Å²) in [6.07, 6.45) is 12.1. The number of guanidine groups is 1. The molecule has 2 N–H and O–H groups in total. The van der Waals surface area contributed by atoms with Crippen LogP contribution in [-0.2, 0) is 24.2 Å². The van der Waals surface area contributed by atoms with Gasteiger partial charge in [-0.3, -0.25) is 9.56 Å². The van der Waals surface area contributed by atoms with E-state index in [2.05, 4.69) is 20.7 Å². The maximum absolute atomic E-state index is 12.3. The molecule has 0 spiro atoms. The number of hydrogen-bond acceptors (Lipinski definition) is 4. The van der Waals surface area contributed by atoms with Crippen LogP contribution >= 0.6 is 0 Å². The van der Waals surface area contributed by atoms with Gasteiger partial charge in [0.05, 0.1) is 12.7 Å². The second-order valence-corrected chi connectivity index (χ2v) is 7.79. The third-order valence-electron chi connectivity index (χ3n) is 5.64. The fraction of sp³-hybridized carbons (Fsp3) is 0.850. The van der Waals surface area contributed by atoms with Gasteiger partial charge in [-0.15, -0.1) is 0 Å². The second-order valence-electron chi connectivity index (χ2n) is 7.79. The van der Waals surface area contributed by atoms with E-state index in [0.29, 0.717) is 19.3 Å². The van der Waals surface area contributed by atoms with E-state index < -0.39 is 0 Å². The standard InChI is InChI=1S/C20H36N6O2/c1-21-19(23-13-16-28-17-9-4-2-3-5-10-17)22-12-8-15-26-20(27)25-14-7-6-11-18(25)24-26/h17H,2-16H2,1H3,(H2,21,22,23). The first-order valence-electron chi connectivity index (χ1n) is 11.0. The maximum Gasteiger partial charge on any atom is 0.345 e. The van der Waals surface area contributed by atoms with Gasteiger partial charge < -0.3 is 15.4 Å². The van der Waals surface area contributed by atoms with E-state index in [9.17, 15) is 4.79 Å². The number of rotatable bonds is 8. The first kappa shape index (κ1) is 20.9. The number of hydrogen-bond donors (Lipinski definition) is 2. The minimum atomic E-state index is 0.0351. The average molecular weight is 393 g/mol. The van der Waals surface area contributed by atoms with Crippen LogP contribution in [-0.4, -0.2) is 53.2 Å². The van der Waals surface area contributed by atoms with Crippen molar-refractivity contribution in [3.8, 4) is 0 Å². The summed E-state index contributed by atoms with van der Waals surface area (Å²) in [5.41, 5.74) is 0.0351. The van der Waals surface area contributed by atoms with E-state index in [0.717, 1.165) is 57.1 Å². The third kappa shape index (κ3) is 6.09. The van der Waals surface area contributed by atoms with Gasteiger partial charge in [-0.05, 0) is 32.1 Å². The zero-order chi connectivity index (χ0) is 19.6. The van der Waals surface area contributed by atoms with E-state index in [1.54, 1.807) is 11.7 Å². The summed E-state index contributed by atoms with van der Waals surface area (Å²) in [5.74, 6) is 1.72. The van der Waals surface area contributed by atoms with Crippen LogP contribution in [0.5, 0.6) is 0 Å². The van der Waals surface area contributed by atoms with Crippen molar-refractivity contribution in [3.05, 3.63) is 16.3 Å². The van der Waals surface area contributed by atoms with Crippen LogP contribution in [0.4, 0.5) is 0 Å². The number of aryl methyl sites for hydroxylation is 2. The van der Waals surface area contributed by atoms with Crippen molar-refractivity contribution in [2.45, 2.75) is 83.4 Å². The van der Waals surface area contributed by atoms with Gasteiger partial charge in [-0.1, -0.05) is 25.7 Å². The lowest BCUT2D eigenvalue weighted by Crippen LogP contribution is -2.40. The topological polar surface area (TPSA) is 85.5 Å². The Morgan fingerprint density at radius 3 is 2.68 bits per heavy atom. The predicted molar refractivity (Wildman–Crippen MR) is 111 cm³/mol.